The van der Waals surface area contributed by atoms with Crippen LogP contribution in [0.25, 0.3) is 11.3 Å². The number of nitrogens with zero attached hydrogens (tertiary/aromatic N) is 1. The Morgan fingerprint density at radius 3 is 2.54 bits per heavy atom. The molecule has 4 nitrogen and oxygen atoms in total. The highest BCUT2D eigenvalue weighted by atomic mass is 16.5. The van der Waals surface area contributed by atoms with E-state index >= 15 is 0 Å². The fourth-order valence-corrected chi connectivity index (χ4v) is 2.86. The normalized spacial score (nSPS) is 10.6. The summed E-state index contributed by atoms with van der Waals surface area (Å²) in [5, 5.41) is 9.28. The zero-order valence-corrected chi connectivity index (χ0v) is 13.7. The minimum atomic E-state index is -0.911. The average Bonchev–Trinajstić information content (AvgIpc) is 2.89. The van der Waals surface area contributed by atoms with Gasteiger partial charge in [0.1, 0.15) is 12.4 Å². The molecule has 122 valence electrons. The van der Waals surface area contributed by atoms with Crippen LogP contribution in [0.5, 0.6) is 5.75 Å². The van der Waals surface area contributed by atoms with Gasteiger partial charge in [-0.3, -0.25) is 0 Å². The monoisotopic (exact) mass is 321 g/mol. The number of carboxylic acid groups (broad SMARTS) is 1. The van der Waals surface area contributed by atoms with E-state index in [9.17, 15) is 9.90 Å². The summed E-state index contributed by atoms with van der Waals surface area (Å²) in [4.78, 5) is 11.3. The second-order valence-electron chi connectivity index (χ2n) is 5.73. The maximum atomic E-state index is 11.3. The molecule has 0 aliphatic rings. The lowest BCUT2D eigenvalue weighted by Crippen LogP contribution is -1.97. The summed E-state index contributed by atoms with van der Waals surface area (Å²) in [6.07, 6.45) is 1.64. The molecule has 0 spiro atoms. The van der Waals surface area contributed by atoms with Gasteiger partial charge in [0.05, 0.1) is 11.3 Å². The van der Waals surface area contributed by atoms with Crippen molar-refractivity contribution >= 4 is 5.97 Å². The van der Waals surface area contributed by atoms with Gasteiger partial charge in [0.15, 0.2) is 0 Å². The van der Waals surface area contributed by atoms with Crippen molar-refractivity contribution in [3.05, 3.63) is 77.5 Å². The van der Waals surface area contributed by atoms with Crippen LogP contribution in [0.1, 0.15) is 21.5 Å². The first-order valence-corrected chi connectivity index (χ1v) is 7.72. The molecule has 0 amide bonds. The van der Waals surface area contributed by atoms with Crippen molar-refractivity contribution in [3.8, 4) is 17.0 Å². The second-order valence-corrected chi connectivity index (χ2v) is 5.73. The first kappa shape index (κ1) is 15.9. The van der Waals surface area contributed by atoms with Gasteiger partial charge >= 0.3 is 5.97 Å². The molecule has 0 unspecified atom stereocenters. The van der Waals surface area contributed by atoms with E-state index in [0.29, 0.717) is 12.2 Å². The quantitative estimate of drug-likeness (QED) is 0.763. The maximum Gasteiger partial charge on any atom is 0.337 e. The molecule has 0 radical (unpaired) electrons. The Hall–Kier alpha value is -3.01. The van der Waals surface area contributed by atoms with E-state index < -0.39 is 5.97 Å². The van der Waals surface area contributed by atoms with Crippen molar-refractivity contribution in [2.75, 3.05) is 0 Å². The molecular weight excluding hydrogens is 302 g/mol. The number of benzene rings is 2. The Morgan fingerprint density at radius 1 is 1.12 bits per heavy atom. The molecule has 4 heteroatoms. The molecule has 1 heterocycles. The van der Waals surface area contributed by atoms with Gasteiger partial charge in [-0.2, -0.15) is 0 Å². The average molecular weight is 321 g/mol. The lowest BCUT2D eigenvalue weighted by molar-refractivity contribution is 0.0696. The highest BCUT2D eigenvalue weighted by Gasteiger charge is 2.17. The number of aromatic nitrogens is 1. The Labute approximate surface area is 140 Å². The highest BCUT2D eigenvalue weighted by molar-refractivity contribution is 5.92. The predicted molar refractivity (Wildman–Crippen MR) is 93.3 cm³/mol. The molecule has 0 atom stereocenters. The van der Waals surface area contributed by atoms with Crippen LogP contribution in [0.15, 0.2) is 60.8 Å². The van der Waals surface area contributed by atoms with Crippen molar-refractivity contribution in [1.29, 1.82) is 0 Å². The van der Waals surface area contributed by atoms with E-state index in [1.807, 2.05) is 73.1 Å². The molecule has 1 N–H and O–H groups in total. The van der Waals surface area contributed by atoms with Gasteiger partial charge in [0, 0.05) is 18.8 Å². The Balaban J connectivity index is 1.87. The second kappa shape index (κ2) is 6.62. The molecule has 24 heavy (non-hydrogen) atoms. The van der Waals surface area contributed by atoms with Crippen LogP contribution in [0.4, 0.5) is 0 Å². The summed E-state index contributed by atoms with van der Waals surface area (Å²) in [6.45, 7) is 2.33. The summed E-state index contributed by atoms with van der Waals surface area (Å²) >= 11 is 0. The van der Waals surface area contributed by atoms with E-state index in [0.717, 1.165) is 28.1 Å². The van der Waals surface area contributed by atoms with Crippen LogP contribution in [0.2, 0.25) is 0 Å². The summed E-state index contributed by atoms with van der Waals surface area (Å²) in [5.74, 6) is -0.153. The SMILES string of the molecule is Cc1c(C(=O)O)cn(C)c1-c1cccc(OCc2ccccc2)c1. The van der Waals surface area contributed by atoms with Gasteiger partial charge in [-0.25, -0.2) is 4.79 Å². The first-order chi connectivity index (χ1) is 11.6. The topological polar surface area (TPSA) is 51.5 Å². The van der Waals surface area contributed by atoms with Crippen LogP contribution in [-0.2, 0) is 13.7 Å². The van der Waals surface area contributed by atoms with E-state index in [4.69, 9.17) is 4.74 Å². The molecule has 0 aliphatic heterocycles. The Kier molecular flexibility index (Phi) is 4.38. The Bertz CT molecular complexity index is 866. The number of carbonyl (C=O) groups is 1. The van der Waals surface area contributed by atoms with E-state index in [-0.39, 0.29) is 0 Å². The Morgan fingerprint density at radius 2 is 1.88 bits per heavy atom. The van der Waals surface area contributed by atoms with Gasteiger partial charge in [-0.15, -0.1) is 0 Å². The van der Waals surface area contributed by atoms with E-state index in [2.05, 4.69) is 0 Å². The first-order valence-electron chi connectivity index (χ1n) is 7.72. The fourth-order valence-electron chi connectivity index (χ4n) is 2.86. The minimum absolute atomic E-state index is 0.322. The molecule has 2 aromatic carbocycles. The number of aryl methyl sites for hydroxylation is 1. The van der Waals surface area contributed by atoms with Crippen LogP contribution < -0.4 is 4.74 Å². The minimum Gasteiger partial charge on any atom is -0.489 e. The zero-order valence-electron chi connectivity index (χ0n) is 13.7. The van der Waals surface area contributed by atoms with Gasteiger partial charge in [0.25, 0.3) is 0 Å². The third-order valence-electron chi connectivity index (χ3n) is 4.02. The number of carboxylic acids is 1. The molecular formula is C20H19NO3. The number of hydrogen-bond donors (Lipinski definition) is 1. The molecule has 3 aromatic rings. The summed E-state index contributed by atoms with van der Waals surface area (Å²) in [7, 11) is 1.85. The third-order valence-corrected chi connectivity index (χ3v) is 4.02. The lowest BCUT2D eigenvalue weighted by Gasteiger charge is -2.10. The number of rotatable bonds is 5. The molecule has 0 bridgehead atoms. The number of ether oxygens (including phenoxy) is 1. The molecule has 0 aliphatic carbocycles. The fraction of sp³-hybridized carbons (Fsp3) is 0.150. The summed E-state index contributed by atoms with van der Waals surface area (Å²) < 4.78 is 7.70. The standard InChI is InChI=1S/C20H19NO3/c1-14-18(20(22)23)12-21(2)19(14)16-9-6-10-17(11-16)24-13-15-7-4-3-5-8-15/h3-12H,13H2,1-2H3,(H,22,23). The number of hydrogen-bond acceptors (Lipinski definition) is 2. The van der Waals surface area contributed by atoms with Gasteiger partial charge in [0.2, 0.25) is 0 Å². The lowest BCUT2D eigenvalue weighted by atomic mass is 10.1. The predicted octanol–water partition coefficient (Wildman–Crippen LogP) is 4.28. The van der Waals surface area contributed by atoms with Crippen molar-refractivity contribution < 1.29 is 14.6 Å². The highest BCUT2D eigenvalue weighted by Crippen LogP contribution is 2.29. The molecule has 3 rings (SSSR count). The van der Waals surface area contributed by atoms with E-state index in [1.54, 1.807) is 6.20 Å². The van der Waals surface area contributed by atoms with Crippen LogP contribution in [0.3, 0.4) is 0 Å². The zero-order chi connectivity index (χ0) is 17.1. The van der Waals surface area contributed by atoms with E-state index in [1.165, 1.54) is 0 Å². The smallest absolute Gasteiger partial charge is 0.337 e. The summed E-state index contributed by atoms with van der Waals surface area (Å²) in [5.41, 5.74) is 4.00. The van der Waals surface area contributed by atoms with Crippen LogP contribution in [-0.4, -0.2) is 15.6 Å². The van der Waals surface area contributed by atoms with Crippen LogP contribution in [0, 0.1) is 6.92 Å². The molecule has 0 saturated carbocycles. The van der Waals surface area contributed by atoms with Crippen molar-refractivity contribution in [1.82, 2.24) is 4.57 Å². The molecule has 0 fully saturated rings. The molecule has 0 saturated heterocycles. The largest absolute Gasteiger partial charge is 0.489 e. The van der Waals surface area contributed by atoms with Crippen LogP contribution >= 0.6 is 0 Å². The van der Waals surface area contributed by atoms with Gasteiger partial charge in [-0.1, -0.05) is 42.5 Å². The van der Waals surface area contributed by atoms with Gasteiger partial charge in [-0.05, 0) is 30.2 Å². The van der Waals surface area contributed by atoms with Crippen molar-refractivity contribution in [2.45, 2.75) is 13.5 Å². The van der Waals surface area contributed by atoms with Crippen molar-refractivity contribution in [3.63, 3.8) is 0 Å². The molecule has 1 aromatic heterocycles. The summed E-state index contributed by atoms with van der Waals surface area (Å²) in [6, 6.07) is 17.7. The third kappa shape index (κ3) is 3.18. The van der Waals surface area contributed by atoms with Gasteiger partial charge < -0.3 is 14.4 Å². The maximum absolute atomic E-state index is 11.3. The van der Waals surface area contributed by atoms with Crippen molar-refractivity contribution in [2.24, 2.45) is 7.05 Å². The number of aromatic carboxylic acids is 1.